The molecule has 0 aliphatic carbocycles. The molecule has 0 unspecified atom stereocenters. The third-order valence-electron chi connectivity index (χ3n) is 4.79. The lowest BCUT2D eigenvalue weighted by molar-refractivity contribution is -0.154. The maximum atomic E-state index is 11.6. The first kappa shape index (κ1) is 21.2. The van der Waals surface area contributed by atoms with E-state index in [1.54, 1.807) is 0 Å². The van der Waals surface area contributed by atoms with Gasteiger partial charge >= 0.3 is 11.9 Å². The van der Waals surface area contributed by atoms with Crippen LogP contribution < -0.4 is 0 Å². The van der Waals surface area contributed by atoms with Crippen LogP contribution >= 0.6 is 0 Å². The highest BCUT2D eigenvalue weighted by Crippen LogP contribution is 2.24. The second-order valence-electron chi connectivity index (χ2n) is 6.84. The van der Waals surface area contributed by atoms with Crippen molar-refractivity contribution in [2.75, 3.05) is 0 Å². The highest BCUT2D eigenvalue weighted by atomic mass is 16.4. The molecule has 0 heterocycles. The Morgan fingerprint density at radius 1 is 0.800 bits per heavy atom. The zero-order valence-corrected chi connectivity index (χ0v) is 15.3. The molecule has 25 heavy (non-hydrogen) atoms. The summed E-state index contributed by atoms with van der Waals surface area (Å²) in [5, 5.41) is 19.0. The van der Waals surface area contributed by atoms with Gasteiger partial charge in [-0.15, -0.1) is 0 Å². The monoisotopic (exact) mass is 348 g/mol. The second kappa shape index (κ2) is 12.5. The van der Waals surface area contributed by atoms with Crippen LogP contribution in [0.1, 0.15) is 70.3 Å². The van der Waals surface area contributed by atoms with E-state index in [-0.39, 0.29) is 6.42 Å². The first-order valence-electron chi connectivity index (χ1n) is 9.55. The lowest BCUT2D eigenvalue weighted by atomic mass is 9.83. The standard InChI is InChI=1S/C21H32O4/c1-2-3-4-5-6-7-8-12-15-18(20(22)23)19(21(24)25)16-17-13-10-9-11-14-17/h9-11,13-14,18-19H,2-8,12,15-16H2,1H3,(H,22,23)(H,24,25)/t18-,19-/m0/s1. The van der Waals surface area contributed by atoms with Gasteiger partial charge in [0, 0.05) is 0 Å². The number of carboxylic acids is 2. The average Bonchev–Trinajstić information content (AvgIpc) is 2.59. The summed E-state index contributed by atoms with van der Waals surface area (Å²) in [6.07, 6.45) is 9.78. The summed E-state index contributed by atoms with van der Waals surface area (Å²) < 4.78 is 0. The maximum Gasteiger partial charge on any atom is 0.307 e. The normalized spacial score (nSPS) is 13.3. The van der Waals surface area contributed by atoms with Crippen molar-refractivity contribution in [2.24, 2.45) is 11.8 Å². The Balaban J connectivity index is 2.46. The fraction of sp³-hybridized carbons (Fsp3) is 0.619. The van der Waals surface area contributed by atoms with Crippen molar-refractivity contribution >= 4 is 11.9 Å². The predicted octanol–water partition coefficient (Wildman–Crippen LogP) is 5.16. The van der Waals surface area contributed by atoms with Crippen molar-refractivity contribution in [3.8, 4) is 0 Å². The first-order chi connectivity index (χ1) is 12.1. The van der Waals surface area contributed by atoms with Gasteiger partial charge in [-0.2, -0.15) is 0 Å². The summed E-state index contributed by atoms with van der Waals surface area (Å²) in [5.41, 5.74) is 0.872. The number of unbranched alkanes of at least 4 members (excludes halogenated alkanes) is 7. The van der Waals surface area contributed by atoms with Crippen LogP contribution in [0.15, 0.2) is 30.3 Å². The molecule has 1 rings (SSSR count). The van der Waals surface area contributed by atoms with Crippen LogP contribution in [0.3, 0.4) is 0 Å². The number of aliphatic carboxylic acids is 2. The minimum absolute atomic E-state index is 0.268. The summed E-state index contributed by atoms with van der Waals surface area (Å²) in [7, 11) is 0. The van der Waals surface area contributed by atoms with E-state index in [2.05, 4.69) is 6.92 Å². The lowest BCUT2D eigenvalue weighted by Gasteiger charge is -2.20. The molecule has 0 saturated heterocycles. The molecule has 1 aromatic rings. The minimum atomic E-state index is -1.02. The summed E-state index contributed by atoms with van der Waals surface area (Å²) >= 11 is 0. The van der Waals surface area contributed by atoms with Gasteiger partial charge in [0.05, 0.1) is 11.8 Å². The van der Waals surface area contributed by atoms with Gasteiger partial charge in [-0.1, -0.05) is 88.6 Å². The minimum Gasteiger partial charge on any atom is -0.481 e. The molecular formula is C21H32O4. The lowest BCUT2D eigenvalue weighted by Crippen LogP contribution is -2.31. The van der Waals surface area contributed by atoms with E-state index in [0.29, 0.717) is 6.42 Å². The highest BCUT2D eigenvalue weighted by molar-refractivity contribution is 5.80. The van der Waals surface area contributed by atoms with Gasteiger partial charge in [-0.05, 0) is 18.4 Å². The molecule has 2 N–H and O–H groups in total. The molecule has 0 bridgehead atoms. The SMILES string of the molecule is CCCCCCCCCC[C@H](C(=O)O)[C@H](Cc1ccccc1)C(=O)O. The summed E-state index contributed by atoms with van der Waals surface area (Å²) in [4.78, 5) is 23.2. The number of hydrogen-bond donors (Lipinski definition) is 2. The van der Waals surface area contributed by atoms with Crippen molar-refractivity contribution in [3.63, 3.8) is 0 Å². The number of benzene rings is 1. The van der Waals surface area contributed by atoms with Gasteiger partial charge in [0.1, 0.15) is 0 Å². The molecule has 2 atom stereocenters. The summed E-state index contributed by atoms with van der Waals surface area (Å²) in [5.74, 6) is -3.70. The Bertz CT molecular complexity index is 498. The van der Waals surface area contributed by atoms with Crippen LogP contribution in [0.2, 0.25) is 0 Å². The van der Waals surface area contributed by atoms with E-state index in [9.17, 15) is 19.8 Å². The zero-order valence-electron chi connectivity index (χ0n) is 15.3. The molecule has 0 aliphatic heterocycles. The molecule has 0 aromatic heterocycles. The molecule has 0 spiro atoms. The largest absolute Gasteiger partial charge is 0.481 e. The van der Waals surface area contributed by atoms with E-state index in [1.165, 1.54) is 32.1 Å². The Morgan fingerprint density at radius 2 is 1.32 bits per heavy atom. The van der Waals surface area contributed by atoms with Gasteiger partial charge in [-0.3, -0.25) is 9.59 Å². The third-order valence-corrected chi connectivity index (χ3v) is 4.79. The molecule has 4 nitrogen and oxygen atoms in total. The number of carboxylic acid groups (broad SMARTS) is 2. The van der Waals surface area contributed by atoms with Gasteiger partial charge in [0.2, 0.25) is 0 Å². The molecule has 140 valence electrons. The van der Waals surface area contributed by atoms with Crippen molar-refractivity contribution in [2.45, 2.75) is 71.1 Å². The Morgan fingerprint density at radius 3 is 1.84 bits per heavy atom. The van der Waals surface area contributed by atoms with Crippen molar-refractivity contribution in [1.29, 1.82) is 0 Å². The molecule has 0 aliphatic rings. The molecule has 0 radical (unpaired) electrons. The average molecular weight is 348 g/mol. The fourth-order valence-electron chi connectivity index (χ4n) is 3.26. The van der Waals surface area contributed by atoms with E-state index in [0.717, 1.165) is 24.8 Å². The maximum absolute atomic E-state index is 11.6. The van der Waals surface area contributed by atoms with Crippen LogP contribution in [0.25, 0.3) is 0 Å². The topological polar surface area (TPSA) is 74.6 Å². The van der Waals surface area contributed by atoms with Crippen molar-refractivity contribution in [1.82, 2.24) is 0 Å². The van der Waals surface area contributed by atoms with E-state index >= 15 is 0 Å². The summed E-state index contributed by atoms with van der Waals surface area (Å²) in [6.45, 7) is 2.19. The molecule has 0 amide bonds. The zero-order chi connectivity index (χ0) is 18.5. The van der Waals surface area contributed by atoms with Crippen LogP contribution in [0, 0.1) is 11.8 Å². The molecule has 1 aromatic carbocycles. The van der Waals surface area contributed by atoms with Crippen LogP contribution in [-0.2, 0) is 16.0 Å². The molecule has 0 saturated carbocycles. The smallest absolute Gasteiger partial charge is 0.307 e. The molecule has 4 heteroatoms. The Hall–Kier alpha value is -1.84. The quantitative estimate of drug-likeness (QED) is 0.455. The van der Waals surface area contributed by atoms with Crippen molar-refractivity contribution in [3.05, 3.63) is 35.9 Å². The second-order valence-corrected chi connectivity index (χ2v) is 6.84. The Labute approximate surface area is 151 Å². The number of carbonyl (C=O) groups is 2. The highest BCUT2D eigenvalue weighted by Gasteiger charge is 2.33. The van der Waals surface area contributed by atoms with E-state index in [1.807, 2.05) is 30.3 Å². The number of hydrogen-bond acceptors (Lipinski definition) is 2. The molecule has 0 fully saturated rings. The van der Waals surface area contributed by atoms with Crippen LogP contribution in [0.5, 0.6) is 0 Å². The van der Waals surface area contributed by atoms with Crippen LogP contribution in [-0.4, -0.2) is 22.2 Å². The number of rotatable bonds is 14. The van der Waals surface area contributed by atoms with Crippen molar-refractivity contribution < 1.29 is 19.8 Å². The Kier molecular flexibility index (Phi) is 10.6. The summed E-state index contributed by atoms with van der Waals surface area (Å²) in [6, 6.07) is 9.27. The third kappa shape index (κ3) is 8.71. The van der Waals surface area contributed by atoms with Gasteiger partial charge < -0.3 is 10.2 Å². The predicted molar refractivity (Wildman–Crippen MR) is 99.6 cm³/mol. The van der Waals surface area contributed by atoms with Gasteiger partial charge in [-0.25, -0.2) is 0 Å². The first-order valence-corrected chi connectivity index (χ1v) is 9.55. The van der Waals surface area contributed by atoms with Gasteiger partial charge in [0.25, 0.3) is 0 Å². The van der Waals surface area contributed by atoms with Crippen LogP contribution in [0.4, 0.5) is 0 Å². The van der Waals surface area contributed by atoms with Gasteiger partial charge in [0.15, 0.2) is 0 Å². The molecular weight excluding hydrogens is 316 g/mol. The van der Waals surface area contributed by atoms with E-state index < -0.39 is 23.8 Å². The fourth-order valence-corrected chi connectivity index (χ4v) is 3.26. The van der Waals surface area contributed by atoms with E-state index in [4.69, 9.17) is 0 Å².